The highest BCUT2D eigenvalue weighted by atomic mass is 79.9. The molecule has 6 nitrogen and oxygen atoms in total. The lowest BCUT2D eigenvalue weighted by Crippen LogP contribution is -2.25. The van der Waals surface area contributed by atoms with Crippen molar-refractivity contribution in [2.75, 3.05) is 14.2 Å². The first-order chi connectivity index (χ1) is 13.3. The van der Waals surface area contributed by atoms with Crippen LogP contribution in [0.25, 0.3) is 6.08 Å². The maximum Gasteiger partial charge on any atom is 0.328 e. The van der Waals surface area contributed by atoms with Crippen molar-refractivity contribution >= 4 is 57.1 Å². The lowest BCUT2D eigenvalue weighted by Gasteiger charge is -2.14. The smallest absolute Gasteiger partial charge is 0.328 e. The van der Waals surface area contributed by atoms with E-state index in [2.05, 4.69) is 21.2 Å². The van der Waals surface area contributed by atoms with Crippen LogP contribution in [-0.2, 0) is 11.4 Å². The zero-order chi connectivity index (χ0) is 20.4. The molecule has 1 heterocycles. The minimum atomic E-state index is -0.470. The van der Waals surface area contributed by atoms with Crippen molar-refractivity contribution in [1.82, 2.24) is 10.2 Å². The topological polar surface area (TPSA) is 67.9 Å². The average Bonchev–Trinajstić information content (AvgIpc) is 2.88. The molecule has 0 bridgehead atoms. The quantitative estimate of drug-likeness (QED) is 0.484. The molecule has 3 amide bonds. The van der Waals surface area contributed by atoms with Crippen LogP contribution in [0.4, 0.5) is 4.79 Å². The fourth-order valence-electron chi connectivity index (χ4n) is 2.54. The van der Waals surface area contributed by atoms with Crippen LogP contribution in [0, 0.1) is 0 Å². The van der Waals surface area contributed by atoms with Crippen LogP contribution < -0.4 is 14.8 Å². The number of likely N-dealkylation sites (N-methyl/N-ethyl adjacent to an activating group) is 1. The van der Waals surface area contributed by atoms with Crippen molar-refractivity contribution in [3.63, 3.8) is 0 Å². The first kappa shape index (κ1) is 20.5. The van der Waals surface area contributed by atoms with Crippen molar-refractivity contribution in [2.24, 2.45) is 0 Å². The van der Waals surface area contributed by atoms with Gasteiger partial charge in [0.2, 0.25) is 0 Å². The Morgan fingerprint density at radius 2 is 1.96 bits per heavy atom. The number of methoxy groups -OCH3 is 1. The van der Waals surface area contributed by atoms with Gasteiger partial charge in [0.1, 0.15) is 12.3 Å². The van der Waals surface area contributed by atoms with Gasteiger partial charge >= 0.3 is 6.03 Å². The maximum atomic E-state index is 12.0. The summed E-state index contributed by atoms with van der Waals surface area (Å²) in [5.74, 6) is 0.531. The van der Waals surface area contributed by atoms with Crippen LogP contribution in [-0.4, -0.2) is 31.0 Å². The predicted molar refractivity (Wildman–Crippen MR) is 111 cm³/mol. The Morgan fingerprint density at radius 1 is 1.21 bits per heavy atom. The Kier molecular flexibility index (Phi) is 6.17. The Bertz CT molecular complexity index is 994. The maximum absolute atomic E-state index is 12.0. The van der Waals surface area contributed by atoms with Crippen LogP contribution in [0.5, 0.6) is 11.5 Å². The van der Waals surface area contributed by atoms with E-state index in [1.165, 1.54) is 14.2 Å². The fourth-order valence-corrected chi connectivity index (χ4v) is 3.58. The third-order valence-electron chi connectivity index (χ3n) is 4.03. The van der Waals surface area contributed by atoms with Crippen LogP contribution in [0.15, 0.2) is 40.5 Å². The molecule has 0 atom stereocenters. The van der Waals surface area contributed by atoms with Crippen molar-refractivity contribution in [3.8, 4) is 11.5 Å². The molecule has 1 N–H and O–H groups in total. The van der Waals surface area contributed by atoms with Crippen molar-refractivity contribution in [3.05, 3.63) is 61.7 Å². The molecule has 0 unspecified atom stereocenters. The minimum absolute atomic E-state index is 0.183. The Morgan fingerprint density at radius 3 is 2.57 bits per heavy atom. The molecule has 0 aromatic heterocycles. The van der Waals surface area contributed by atoms with E-state index in [0.717, 1.165) is 10.5 Å². The number of carbonyl (C=O) groups excluding carboxylic acids is 2. The molecular weight excluding hydrogens is 471 g/mol. The molecule has 0 aliphatic carbocycles. The Labute approximate surface area is 180 Å². The van der Waals surface area contributed by atoms with Crippen LogP contribution >= 0.6 is 39.1 Å². The second-order valence-electron chi connectivity index (χ2n) is 5.91. The van der Waals surface area contributed by atoms with Crippen LogP contribution in [0.2, 0.25) is 10.0 Å². The molecule has 1 aliphatic heterocycles. The third kappa shape index (κ3) is 4.27. The summed E-state index contributed by atoms with van der Waals surface area (Å²) in [5.41, 5.74) is 1.61. The first-order valence-electron chi connectivity index (χ1n) is 8.05. The number of nitrogens with zero attached hydrogens (tertiary/aromatic N) is 1. The monoisotopic (exact) mass is 484 g/mol. The van der Waals surface area contributed by atoms with Gasteiger partial charge in [-0.25, -0.2) is 4.79 Å². The molecule has 9 heteroatoms. The number of hydrogen-bond acceptors (Lipinski definition) is 4. The van der Waals surface area contributed by atoms with E-state index in [9.17, 15) is 9.59 Å². The molecule has 2 aromatic carbocycles. The van der Waals surface area contributed by atoms with Gasteiger partial charge in [0.05, 0.1) is 11.6 Å². The Balaban J connectivity index is 1.86. The number of urea groups is 1. The lowest BCUT2D eigenvalue weighted by atomic mass is 10.1. The van der Waals surface area contributed by atoms with Crippen molar-refractivity contribution < 1.29 is 19.1 Å². The zero-order valence-electron chi connectivity index (χ0n) is 14.9. The van der Waals surface area contributed by atoms with Crippen LogP contribution in [0.3, 0.4) is 0 Å². The van der Waals surface area contributed by atoms with E-state index in [1.54, 1.807) is 36.4 Å². The number of ether oxygens (including phenoxy) is 2. The summed E-state index contributed by atoms with van der Waals surface area (Å²) < 4.78 is 11.9. The molecule has 1 aliphatic rings. The highest BCUT2D eigenvalue weighted by molar-refractivity contribution is 9.10. The largest absolute Gasteiger partial charge is 0.493 e. The Hall–Kier alpha value is -2.22. The molecular formula is C19H15BrCl2N2O4. The molecule has 1 fully saturated rings. The lowest BCUT2D eigenvalue weighted by molar-refractivity contribution is -0.121. The van der Waals surface area contributed by atoms with Crippen LogP contribution in [0.1, 0.15) is 11.1 Å². The molecule has 1 saturated heterocycles. The average molecular weight is 486 g/mol. The zero-order valence-corrected chi connectivity index (χ0v) is 18.0. The van der Waals surface area contributed by atoms with Gasteiger partial charge in [-0.3, -0.25) is 9.69 Å². The van der Waals surface area contributed by atoms with E-state index >= 15 is 0 Å². The number of benzene rings is 2. The minimum Gasteiger partial charge on any atom is -0.493 e. The molecule has 2 aromatic rings. The molecule has 0 spiro atoms. The number of amides is 3. The normalized spacial score (nSPS) is 15.2. The third-order valence-corrected chi connectivity index (χ3v) is 5.21. The van der Waals surface area contributed by atoms with Crippen molar-refractivity contribution in [2.45, 2.75) is 6.61 Å². The number of rotatable bonds is 5. The van der Waals surface area contributed by atoms with E-state index in [-0.39, 0.29) is 12.3 Å². The first-order valence-corrected chi connectivity index (χ1v) is 9.60. The summed E-state index contributed by atoms with van der Waals surface area (Å²) in [4.78, 5) is 24.6. The van der Waals surface area contributed by atoms with Gasteiger partial charge in [0.25, 0.3) is 5.91 Å². The number of hydrogen-bond donors (Lipinski definition) is 1. The summed E-state index contributed by atoms with van der Waals surface area (Å²) in [6.45, 7) is 0.213. The highest BCUT2D eigenvalue weighted by Crippen LogP contribution is 2.38. The van der Waals surface area contributed by atoms with Crippen molar-refractivity contribution in [1.29, 1.82) is 0 Å². The van der Waals surface area contributed by atoms with Gasteiger partial charge < -0.3 is 14.8 Å². The fraction of sp³-hybridized carbons (Fsp3) is 0.158. The summed E-state index contributed by atoms with van der Waals surface area (Å²) in [5, 5.41) is 3.57. The van der Waals surface area contributed by atoms with Gasteiger partial charge in [-0.2, -0.15) is 0 Å². The van der Waals surface area contributed by atoms with E-state index < -0.39 is 11.9 Å². The molecule has 28 heavy (non-hydrogen) atoms. The van der Waals surface area contributed by atoms with E-state index in [1.807, 2.05) is 0 Å². The van der Waals surface area contributed by atoms with Gasteiger partial charge in [-0.05, 0) is 51.8 Å². The SMILES string of the molecule is COc1cc(/C=C2/NC(=O)N(C)C2=O)cc(Br)c1OCc1ccc(Cl)cc1Cl. The second-order valence-corrected chi connectivity index (χ2v) is 7.61. The molecule has 146 valence electrons. The standard InChI is InChI=1S/C19H15BrCl2N2O4/c1-24-18(25)15(23-19(24)26)6-10-5-13(20)17(16(7-10)27-2)28-9-11-3-4-12(21)8-14(11)22/h3-8H,9H2,1-2H3,(H,23,26)/b15-6+. The van der Waals surface area contributed by atoms with E-state index in [4.69, 9.17) is 32.7 Å². The highest BCUT2D eigenvalue weighted by Gasteiger charge is 2.30. The molecule has 0 radical (unpaired) electrons. The van der Waals surface area contributed by atoms with Gasteiger partial charge in [0.15, 0.2) is 11.5 Å². The summed E-state index contributed by atoms with van der Waals surface area (Å²) in [6.07, 6.45) is 1.57. The predicted octanol–water partition coefficient (Wildman–Crippen LogP) is 4.87. The molecule has 0 saturated carbocycles. The van der Waals surface area contributed by atoms with Gasteiger partial charge in [0, 0.05) is 22.7 Å². The number of carbonyl (C=O) groups is 2. The molecule has 3 rings (SSSR count). The second kappa shape index (κ2) is 8.43. The van der Waals surface area contributed by atoms with Gasteiger partial charge in [-0.1, -0.05) is 29.3 Å². The van der Waals surface area contributed by atoms with E-state index in [0.29, 0.717) is 31.6 Å². The number of imide groups is 1. The number of nitrogens with one attached hydrogen (secondary N) is 1. The summed E-state index contributed by atoms with van der Waals surface area (Å²) in [6, 6.07) is 8.15. The summed E-state index contributed by atoms with van der Waals surface area (Å²) >= 11 is 15.6. The summed E-state index contributed by atoms with van der Waals surface area (Å²) in [7, 11) is 2.92. The van der Waals surface area contributed by atoms with Gasteiger partial charge in [-0.15, -0.1) is 0 Å². The number of halogens is 3.